The van der Waals surface area contributed by atoms with Gasteiger partial charge in [0.25, 0.3) is 0 Å². The van der Waals surface area contributed by atoms with Gasteiger partial charge in [0.15, 0.2) is 11.5 Å². The molecule has 0 bridgehead atoms. The Morgan fingerprint density at radius 1 is 0.800 bits per heavy atom. The number of hydrogen-bond acceptors (Lipinski definition) is 2. The molecule has 0 N–H and O–H groups in total. The Labute approximate surface area is 125 Å². The van der Waals surface area contributed by atoms with Crippen LogP contribution in [0.4, 0.5) is 0 Å². The molecule has 0 spiro atoms. The van der Waals surface area contributed by atoms with Crippen LogP contribution < -0.4 is 9.47 Å². The summed E-state index contributed by atoms with van der Waals surface area (Å²) in [6, 6.07) is 14.5. The van der Waals surface area contributed by atoms with E-state index in [1.54, 1.807) is 0 Å². The highest BCUT2D eigenvalue weighted by atomic mass is 79.9. The first-order valence-electron chi connectivity index (χ1n) is 6.57. The van der Waals surface area contributed by atoms with Gasteiger partial charge < -0.3 is 9.47 Å². The lowest BCUT2D eigenvalue weighted by molar-refractivity contribution is -0.0420. The minimum Gasteiger partial charge on any atom is -0.448 e. The van der Waals surface area contributed by atoms with Crippen LogP contribution >= 0.6 is 15.9 Å². The molecule has 2 nitrogen and oxygen atoms in total. The lowest BCUT2D eigenvalue weighted by Crippen LogP contribution is -2.29. The third-order valence-corrected chi connectivity index (χ3v) is 4.08. The summed E-state index contributed by atoms with van der Waals surface area (Å²) in [7, 11) is 0. The van der Waals surface area contributed by atoms with Crippen molar-refractivity contribution in [3.63, 3.8) is 0 Å². The Kier molecular flexibility index (Phi) is 2.34. The molecule has 0 amide bonds. The van der Waals surface area contributed by atoms with Gasteiger partial charge >= 0.3 is 0 Å². The van der Waals surface area contributed by atoms with Gasteiger partial charge in [-0.15, -0.1) is 0 Å². The zero-order valence-electron chi connectivity index (χ0n) is 11.2. The summed E-state index contributed by atoms with van der Waals surface area (Å²) in [5.41, 5.74) is 0. The maximum atomic E-state index is 6.02. The SMILES string of the molecule is CC1(C)Oc2c(c3ccc(Br)cc3c3ccccc23)O1. The molecule has 0 radical (unpaired) electrons. The molecule has 4 rings (SSSR count). The summed E-state index contributed by atoms with van der Waals surface area (Å²) >= 11 is 3.55. The fraction of sp³-hybridized carbons (Fsp3) is 0.176. The second kappa shape index (κ2) is 3.89. The Balaban J connectivity index is 2.23. The van der Waals surface area contributed by atoms with Crippen molar-refractivity contribution in [3.05, 3.63) is 46.9 Å². The number of benzene rings is 3. The van der Waals surface area contributed by atoms with Crippen LogP contribution in [-0.2, 0) is 0 Å². The van der Waals surface area contributed by atoms with Gasteiger partial charge in [-0.2, -0.15) is 0 Å². The van der Waals surface area contributed by atoms with Gasteiger partial charge in [0.1, 0.15) is 0 Å². The molecule has 0 saturated carbocycles. The van der Waals surface area contributed by atoms with E-state index >= 15 is 0 Å². The zero-order chi connectivity index (χ0) is 13.9. The highest BCUT2D eigenvalue weighted by molar-refractivity contribution is 9.10. The third kappa shape index (κ3) is 1.63. The van der Waals surface area contributed by atoms with Crippen molar-refractivity contribution in [1.29, 1.82) is 0 Å². The molecule has 20 heavy (non-hydrogen) atoms. The lowest BCUT2D eigenvalue weighted by Gasteiger charge is -2.16. The molecule has 3 heteroatoms. The van der Waals surface area contributed by atoms with Crippen LogP contribution in [0, 0.1) is 0 Å². The van der Waals surface area contributed by atoms with Crippen LogP contribution in [0.1, 0.15) is 13.8 Å². The molecule has 0 unspecified atom stereocenters. The molecule has 0 atom stereocenters. The summed E-state index contributed by atoms with van der Waals surface area (Å²) < 4.78 is 13.1. The normalized spacial score (nSPS) is 15.9. The smallest absolute Gasteiger partial charge is 0.246 e. The van der Waals surface area contributed by atoms with Gasteiger partial charge in [0.2, 0.25) is 5.79 Å². The number of halogens is 1. The fourth-order valence-corrected chi connectivity index (χ4v) is 3.17. The summed E-state index contributed by atoms with van der Waals surface area (Å²) in [6.45, 7) is 3.87. The van der Waals surface area contributed by atoms with Crippen LogP contribution in [-0.4, -0.2) is 5.79 Å². The first-order chi connectivity index (χ1) is 9.55. The Bertz CT molecular complexity index is 852. The Hall–Kier alpha value is -1.74. The van der Waals surface area contributed by atoms with E-state index in [2.05, 4.69) is 46.3 Å². The summed E-state index contributed by atoms with van der Waals surface area (Å²) in [5, 5.41) is 4.55. The molecule has 1 aliphatic heterocycles. The fourth-order valence-electron chi connectivity index (χ4n) is 2.81. The van der Waals surface area contributed by atoms with E-state index in [1.807, 2.05) is 26.0 Å². The Morgan fingerprint density at radius 3 is 2.10 bits per heavy atom. The molecule has 1 heterocycles. The minimum atomic E-state index is -0.619. The first kappa shape index (κ1) is 12.0. The zero-order valence-corrected chi connectivity index (χ0v) is 12.8. The molecule has 3 aromatic rings. The topological polar surface area (TPSA) is 18.5 Å². The molecule has 3 aromatic carbocycles. The van der Waals surface area contributed by atoms with E-state index in [0.717, 1.165) is 26.7 Å². The van der Waals surface area contributed by atoms with Crippen molar-refractivity contribution in [3.8, 4) is 11.5 Å². The van der Waals surface area contributed by atoms with Crippen molar-refractivity contribution in [2.45, 2.75) is 19.6 Å². The average Bonchev–Trinajstić information content (AvgIpc) is 2.75. The van der Waals surface area contributed by atoms with E-state index < -0.39 is 5.79 Å². The minimum absolute atomic E-state index is 0.619. The number of hydrogen-bond donors (Lipinski definition) is 0. The predicted octanol–water partition coefficient (Wildman–Crippen LogP) is 5.26. The standard InChI is InChI=1S/C17H13BrO2/c1-17(2)19-15-12-6-4-3-5-11(12)14-9-10(18)7-8-13(14)16(15)20-17/h3-9H,1-2H3. The van der Waals surface area contributed by atoms with Gasteiger partial charge in [-0.1, -0.05) is 40.2 Å². The van der Waals surface area contributed by atoms with E-state index in [0.29, 0.717) is 0 Å². The maximum Gasteiger partial charge on any atom is 0.246 e. The summed E-state index contributed by atoms with van der Waals surface area (Å²) in [6.07, 6.45) is 0. The monoisotopic (exact) mass is 328 g/mol. The molecule has 100 valence electrons. The average molecular weight is 329 g/mol. The molecule has 1 aliphatic rings. The van der Waals surface area contributed by atoms with E-state index in [4.69, 9.17) is 9.47 Å². The van der Waals surface area contributed by atoms with Crippen molar-refractivity contribution in [1.82, 2.24) is 0 Å². The molecular formula is C17H13BrO2. The maximum absolute atomic E-state index is 6.02. The highest BCUT2D eigenvalue weighted by Gasteiger charge is 2.34. The van der Waals surface area contributed by atoms with Crippen molar-refractivity contribution in [2.75, 3.05) is 0 Å². The second-order valence-corrected chi connectivity index (χ2v) is 6.41. The molecular weight excluding hydrogens is 316 g/mol. The number of fused-ring (bicyclic) bond motifs is 6. The van der Waals surface area contributed by atoms with Crippen molar-refractivity contribution < 1.29 is 9.47 Å². The van der Waals surface area contributed by atoms with Crippen LogP contribution in [0.5, 0.6) is 11.5 Å². The molecule has 0 aromatic heterocycles. The van der Waals surface area contributed by atoms with E-state index in [1.165, 1.54) is 10.8 Å². The number of rotatable bonds is 0. The summed E-state index contributed by atoms with van der Waals surface area (Å²) in [4.78, 5) is 0. The van der Waals surface area contributed by atoms with Gasteiger partial charge in [-0.05, 0) is 29.0 Å². The van der Waals surface area contributed by atoms with E-state index in [9.17, 15) is 0 Å². The van der Waals surface area contributed by atoms with E-state index in [-0.39, 0.29) is 0 Å². The lowest BCUT2D eigenvalue weighted by atomic mass is 10.0. The van der Waals surface area contributed by atoms with Crippen LogP contribution in [0.2, 0.25) is 0 Å². The van der Waals surface area contributed by atoms with Crippen LogP contribution in [0.3, 0.4) is 0 Å². The summed E-state index contributed by atoms with van der Waals surface area (Å²) in [5.74, 6) is 1.07. The quantitative estimate of drug-likeness (QED) is 0.524. The van der Waals surface area contributed by atoms with Crippen molar-refractivity contribution in [2.24, 2.45) is 0 Å². The van der Waals surface area contributed by atoms with Crippen LogP contribution in [0.25, 0.3) is 21.5 Å². The van der Waals surface area contributed by atoms with Gasteiger partial charge in [-0.3, -0.25) is 0 Å². The van der Waals surface area contributed by atoms with Gasteiger partial charge in [-0.25, -0.2) is 0 Å². The molecule has 0 saturated heterocycles. The Morgan fingerprint density at radius 2 is 1.40 bits per heavy atom. The predicted molar refractivity (Wildman–Crippen MR) is 84.5 cm³/mol. The second-order valence-electron chi connectivity index (χ2n) is 5.50. The molecule has 0 aliphatic carbocycles. The van der Waals surface area contributed by atoms with Crippen LogP contribution in [0.15, 0.2) is 46.9 Å². The largest absolute Gasteiger partial charge is 0.448 e. The van der Waals surface area contributed by atoms with Gasteiger partial charge in [0, 0.05) is 29.1 Å². The first-order valence-corrected chi connectivity index (χ1v) is 7.36. The van der Waals surface area contributed by atoms with Gasteiger partial charge in [0.05, 0.1) is 0 Å². The highest BCUT2D eigenvalue weighted by Crippen LogP contribution is 2.50. The number of ether oxygens (including phenoxy) is 2. The van der Waals surface area contributed by atoms with Crippen molar-refractivity contribution >= 4 is 37.5 Å². The third-order valence-electron chi connectivity index (χ3n) is 3.59. The molecule has 0 fully saturated rings.